The fourth-order valence-electron chi connectivity index (χ4n) is 4.48. The van der Waals surface area contributed by atoms with Crippen molar-refractivity contribution < 1.29 is 4.79 Å². The van der Waals surface area contributed by atoms with Crippen molar-refractivity contribution in [3.05, 3.63) is 57.8 Å². The summed E-state index contributed by atoms with van der Waals surface area (Å²) >= 11 is 1.86. The predicted molar refractivity (Wildman–Crippen MR) is 125 cm³/mol. The summed E-state index contributed by atoms with van der Waals surface area (Å²) in [5.41, 5.74) is 8.79. The van der Waals surface area contributed by atoms with Crippen LogP contribution in [0.25, 0.3) is 0 Å². The van der Waals surface area contributed by atoms with Gasteiger partial charge in [0.15, 0.2) is 0 Å². The van der Waals surface area contributed by atoms with Crippen molar-refractivity contribution in [3.8, 4) is 0 Å². The van der Waals surface area contributed by atoms with Crippen molar-refractivity contribution in [2.75, 3.05) is 13.1 Å². The number of benzene rings is 1. The number of amides is 1. The lowest BCUT2D eigenvalue weighted by atomic mass is 9.85. The molecular formula is C22H31Cl2N3OS. The number of hydrogen-bond acceptors (Lipinski definition) is 4. The largest absolute Gasteiger partial charge is 0.354 e. The van der Waals surface area contributed by atoms with Crippen molar-refractivity contribution in [2.24, 2.45) is 11.7 Å². The minimum atomic E-state index is 0. The molecule has 4 rings (SSSR count). The molecule has 3 atom stereocenters. The summed E-state index contributed by atoms with van der Waals surface area (Å²) in [6.45, 7) is 2.66. The van der Waals surface area contributed by atoms with Gasteiger partial charge in [0.25, 0.3) is 0 Å². The standard InChI is InChI=1S/C22H29N3OS.2ClH/c23-19-8-4-7-17(13-19)22(26)24-14-20(16-5-2-1-3-6-16)25-11-9-21-18(15-25)10-12-27-21;;/h1-3,5-6,10,12,17,19-20H,4,7-9,11,13-15,23H2,(H,24,26);2*1H. The first kappa shape index (κ1) is 24.2. The van der Waals surface area contributed by atoms with E-state index in [0.717, 1.165) is 45.2 Å². The molecule has 2 aromatic rings. The maximum absolute atomic E-state index is 12.7. The highest BCUT2D eigenvalue weighted by Gasteiger charge is 2.28. The van der Waals surface area contributed by atoms with Crippen LogP contribution in [0.4, 0.5) is 0 Å². The Morgan fingerprint density at radius 2 is 2.00 bits per heavy atom. The summed E-state index contributed by atoms with van der Waals surface area (Å²) in [4.78, 5) is 16.8. The number of thiophene rings is 1. The van der Waals surface area contributed by atoms with Gasteiger partial charge < -0.3 is 11.1 Å². The number of carbonyl (C=O) groups excluding carboxylic acids is 1. The summed E-state index contributed by atoms with van der Waals surface area (Å²) < 4.78 is 0. The molecule has 4 nitrogen and oxygen atoms in total. The molecule has 1 aliphatic carbocycles. The van der Waals surface area contributed by atoms with Crippen molar-refractivity contribution in [1.82, 2.24) is 10.2 Å². The third kappa shape index (κ3) is 5.96. The first-order chi connectivity index (χ1) is 13.2. The van der Waals surface area contributed by atoms with Crippen molar-refractivity contribution in [1.29, 1.82) is 0 Å². The number of nitrogens with zero attached hydrogens (tertiary/aromatic N) is 1. The number of nitrogens with two attached hydrogens (primary N) is 1. The molecule has 1 fully saturated rings. The predicted octanol–water partition coefficient (Wildman–Crippen LogP) is 4.32. The van der Waals surface area contributed by atoms with Gasteiger partial charge in [0, 0.05) is 36.5 Å². The molecule has 0 spiro atoms. The van der Waals surface area contributed by atoms with Crippen LogP contribution in [0.3, 0.4) is 0 Å². The molecule has 1 amide bonds. The lowest BCUT2D eigenvalue weighted by molar-refractivity contribution is -0.126. The molecule has 3 N–H and O–H groups in total. The van der Waals surface area contributed by atoms with Crippen LogP contribution in [0.15, 0.2) is 41.8 Å². The van der Waals surface area contributed by atoms with Gasteiger partial charge in [0.2, 0.25) is 5.91 Å². The van der Waals surface area contributed by atoms with Crippen molar-refractivity contribution in [2.45, 2.75) is 50.7 Å². The van der Waals surface area contributed by atoms with Gasteiger partial charge in [-0.15, -0.1) is 36.2 Å². The van der Waals surface area contributed by atoms with E-state index in [1.165, 1.54) is 16.0 Å². The van der Waals surface area contributed by atoms with Crippen LogP contribution in [0.5, 0.6) is 0 Å². The van der Waals surface area contributed by atoms with Gasteiger partial charge >= 0.3 is 0 Å². The smallest absolute Gasteiger partial charge is 0.223 e. The maximum Gasteiger partial charge on any atom is 0.223 e. The number of rotatable bonds is 5. The topological polar surface area (TPSA) is 58.4 Å². The van der Waals surface area contributed by atoms with Gasteiger partial charge in [-0.1, -0.05) is 36.8 Å². The van der Waals surface area contributed by atoms with Crippen molar-refractivity contribution in [3.63, 3.8) is 0 Å². The van der Waals surface area contributed by atoms with Gasteiger partial charge in [0.05, 0.1) is 6.04 Å². The number of hydrogen-bond donors (Lipinski definition) is 2. The summed E-state index contributed by atoms with van der Waals surface area (Å²) in [6, 6.07) is 13.2. The van der Waals surface area contributed by atoms with Crippen LogP contribution in [0.1, 0.15) is 47.7 Å². The molecule has 0 saturated heterocycles. The van der Waals surface area contributed by atoms with Crippen LogP contribution in [0.2, 0.25) is 0 Å². The highest BCUT2D eigenvalue weighted by Crippen LogP contribution is 2.30. The van der Waals surface area contributed by atoms with Gasteiger partial charge in [-0.25, -0.2) is 0 Å². The van der Waals surface area contributed by atoms with Crippen LogP contribution in [-0.4, -0.2) is 29.9 Å². The molecule has 1 aromatic carbocycles. The van der Waals surface area contributed by atoms with E-state index in [1.54, 1.807) is 0 Å². The molecule has 1 aliphatic heterocycles. The number of halogens is 2. The molecule has 1 aromatic heterocycles. The molecule has 0 bridgehead atoms. The lowest BCUT2D eigenvalue weighted by Gasteiger charge is -2.35. The molecule has 29 heavy (non-hydrogen) atoms. The van der Waals surface area contributed by atoms with Crippen LogP contribution in [0, 0.1) is 5.92 Å². The fourth-order valence-corrected chi connectivity index (χ4v) is 5.37. The second-order valence-electron chi connectivity index (χ2n) is 7.88. The Hall–Kier alpha value is -1.11. The monoisotopic (exact) mass is 455 g/mol. The van der Waals surface area contributed by atoms with Gasteiger partial charge in [-0.3, -0.25) is 9.69 Å². The average Bonchev–Trinajstić information content (AvgIpc) is 3.17. The van der Waals surface area contributed by atoms with Gasteiger partial charge in [0.1, 0.15) is 0 Å². The first-order valence-corrected chi connectivity index (χ1v) is 11.0. The maximum atomic E-state index is 12.7. The van der Waals surface area contributed by atoms with Crippen LogP contribution >= 0.6 is 36.2 Å². The normalized spacial score (nSPS) is 22.5. The molecule has 2 aliphatic rings. The molecule has 0 radical (unpaired) electrons. The summed E-state index contributed by atoms with van der Waals surface area (Å²) in [6.07, 6.45) is 5.00. The van der Waals surface area contributed by atoms with Gasteiger partial charge in [-0.05, 0) is 48.3 Å². The SMILES string of the molecule is Cl.Cl.NC1CCCC(C(=O)NCC(c2ccccc2)N2CCc3sccc3C2)C1. The lowest BCUT2D eigenvalue weighted by Crippen LogP contribution is -2.43. The number of nitrogens with one attached hydrogen (secondary N) is 1. The zero-order valence-electron chi connectivity index (χ0n) is 16.6. The Balaban J connectivity index is 0.00000150. The molecule has 2 heterocycles. The van der Waals surface area contributed by atoms with E-state index < -0.39 is 0 Å². The van der Waals surface area contributed by atoms with E-state index in [9.17, 15) is 4.79 Å². The van der Waals surface area contributed by atoms with Gasteiger partial charge in [-0.2, -0.15) is 0 Å². The minimum Gasteiger partial charge on any atom is -0.354 e. The first-order valence-electron chi connectivity index (χ1n) is 10.1. The third-order valence-electron chi connectivity index (χ3n) is 6.02. The van der Waals surface area contributed by atoms with E-state index >= 15 is 0 Å². The van der Waals surface area contributed by atoms with E-state index in [4.69, 9.17) is 5.73 Å². The highest BCUT2D eigenvalue weighted by molar-refractivity contribution is 7.10. The zero-order valence-corrected chi connectivity index (χ0v) is 19.0. The summed E-state index contributed by atoms with van der Waals surface area (Å²) in [7, 11) is 0. The second-order valence-corrected chi connectivity index (χ2v) is 8.89. The molecule has 3 unspecified atom stereocenters. The summed E-state index contributed by atoms with van der Waals surface area (Å²) in [5, 5.41) is 5.45. The zero-order chi connectivity index (χ0) is 18.6. The van der Waals surface area contributed by atoms with E-state index in [2.05, 4.69) is 52.0 Å². The Morgan fingerprint density at radius 3 is 2.76 bits per heavy atom. The molecule has 160 valence electrons. The molecule has 7 heteroatoms. The Morgan fingerprint density at radius 1 is 1.21 bits per heavy atom. The van der Waals surface area contributed by atoms with E-state index in [0.29, 0.717) is 6.54 Å². The number of fused-ring (bicyclic) bond motifs is 1. The Kier molecular flexibility index (Phi) is 9.44. The third-order valence-corrected chi connectivity index (χ3v) is 7.04. The van der Waals surface area contributed by atoms with E-state index in [1.807, 2.05) is 11.3 Å². The van der Waals surface area contributed by atoms with E-state index in [-0.39, 0.29) is 48.7 Å². The highest BCUT2D eigenvalue weighted by atomic mass is 35.5. The Labute approximate surface area is 190 Å². The van der Waals surface area contributed by atoms with Crippen LogP contribution < -0.4 is 11.1 Å². The van der Waals surface area contributed by atoms with Crippen molar-refractivity contribution >= 4 is 42.1 Å². The average molecular weight is 456 g/mol. The van der Waals surface area contributed by atoms with Crippen LogP contribution in [-0.2, 0) is 17.8 Å². The fraction of sp³-hybridized carbons (Fsp3) is 0.500. The minimum absolute atomic E-state index is 0. The Bertz CT molecular complexity index is 770. The molecular weight excluding hydrogens is 425 g/mol. The second kappa shape index (κ2) is 11.3. The number of carbonyl (C=O) groups is 1. The summed E-state index contributed by atoms with van der Waals surface area (Å²) in [5.74, 6) is 0.259. The molecule has 1 saturated carbocycles. The quantitative estimate of drug-likeness (QED) is 0.705.